The van der Waals surface area contributed by atoms with Gasteiger partial charge >= 0.3 is 0 Å². The summed E-state index contributed by atoms with van der Waals surface area (Å²) in [5, 5.41) is 10.1. The van der Waals surface area contributed by atoms with Crippen LogP contribution in [0, 0.1) is 11.3 Å². The van der Waals surface area contributed by atoms with Gasteiger partial charge in [0.25, 0.3) is 0 Å². The van der Waals surface area contributed by atoms with E-state index < -0.39 is 0 Å². The SMILES string of the molecule is COc1cc(/C=C(\C#N)c2ccccn2)ccc1OCc1ccc(Cl)cc1. The molecule has 4 nitrogen and oxygen atoms in total. The van der Waals surface area contributed by atoms with E-state index in [0.29, 0.717) is 34.4 Å². The van der Waals surface area contributed by atoms with Crippen molar-refractivity contribution in [2.24, 2.45) is 0 Å². The van der Waals surface area contributed by atoms with Gasteiger partial charge in [-0.25, -0.2) is 0 Å². The molecule has 0 N–H and O–H groups in total. The van der Waals surface area contributed by atoms with Crippen LogP contribution in [0.3, 0.4) is 0 Å². The second kappa shape index (κ2) is 8.88. The summed E-state index contributed by atoms with van der Waals surface area (Å²) in [5.74, 6) is 1.22. The molecule has 0 saturated heterocycles. The summed E-state index contributed by atoms with van der Waals surface area (Å²) in [6.07, 6.45) is 3.43. The van der Waals surface area contributed by atoms with Gasteiger partial charge in [0.15, 0.2) is 11.5 Å². The summed E-state index contributed by atoms with van der Waals surface area (Å²) in [7, 11) is 1.59. The number of pyridine rings is 1. The van der Waals surface area contributed by atoms with Gasteiger partial charge in [-0.2, -0.15) is 5.26 Å². The first-order chi connectivity index (χ1) is 13.2. The third-order valence-electron chi connectivity index (χ3n) is 3.87. The fraction of sp³-hybridized carbons (Fsp3) is 0.0909. The number of benzene rings is 2. The van der Waals surface area contributed by atoms with E-state index >= 15 is 0 Å². The molecule has 5 heteroatoms. The lowest BCUT2D eigenvalue weighted by molar-refractivity contribution is 0.284. The Morgan fingerprint density at radius 1 is 1.11 bits per heavy atom. The van der Waals surface area contributed by atoms with Crippen molar-refractivity contribution in [3.8, 4) is 17.6 Å². The van der Waals surface area contributed by atoms with Crippen molar-refractivity contribution in [3.63, 3.8) is 0 Å². The van der Waals surface area contributed by atoms with Gasteiger partial charge < -0.3 is 9.47 Å². The summed E-state index contributed by atoms with van der Waals surface area (Å²) in [5.41, 5.74) is 2.94. The van der Waals surface area contributed by atoms with Gasteiger partial charge in [-0.05, 0) is 53.6 Å². The number of allylic oxidation sites excluding steroid dienone is 1. The van der Waals surface area contributed by atoms with Crippen LogP contribution < -0.4 is 9.47 Å². The summed E-state index contributed by atoms with van der Waals surface area (Å²) < 4.78 is 11.3. The molecular formula is C22H17ClN2O2. The van der Waals surface area contributed by atoms with Crippen molar-refractivity contribution in [1.82, 2.24) is 4.98 Å². The molecule has 0 atom stereocenters. The van der Waals surface area contributed by atoms with E-state index in [2.05, 4.69) is 11.1 Å². The van der Waals surface area contributed by atoms with Crippen LogP contribution >= 0.6 is 11.6 Å². The molecule has 0 fully saturated rings. The monoisotopic (exact) mass is 376 g/mol. The van der Waals surface area contributed by atoms with E-state index in [0.717, 1.165) is 11.1 Å². The Balaban J connectivity index is 1.80. The number of hydrogen-bond acceptors (Lipinski definition) is 4. The lowest BCUT2D eigenvalue weighted by atomic mass is 10.1. The molecule has 0 aliphatic rings. The molecule has 0 aliphatic heterocycles. The predicted octanol–water partition coefficient (Wildman–Crippen LogP) is 5.39. The fourth-order valence-corrected chi connectivity index (χ4v) is 2.61. The number of hydrogen-bond donors (Lipinski definition) is 0. The molecule has 0 amide bonds. The van der Waals surface area contributed by atoms with Crippen molar-refractivity contribution >= 4 is 23.3 Å². The lowest BCUT2D eigenvalue weighted by Gasteiger charge is -2.11. The highest BCUT2D eigenvalue weighted by molar-refractivity contribution is 6.30. The number of ether oxygens (including phenoxy) is 2. The zero-order chi connectivity index (χ0) is 19.1. The van der Waals surface area contributed by atoms with Gasteiger partial charge in [-0.3, -0.25) is 4.98 Å². The Kier molecular flexibility index (Phi) is 6.09. The van der Waals surface area contributed by atoms with Crippen molar-refractivity contribution in [1.29, 1.82) is 5.26 Å². The lowest BCUT2D eigenvalue weighted by Crippen LogP contribution is -1.98. The van der Waals surface area contributed by atoms with Crippen molar-refractivity contribution in [2.75, 3.05) is 7.11 Å². The zero-order valence-corrected chi connectivity index (χ0v) is 15.5. The minimum absolute atomic E-state index is 0.403. The second-order valence-corrected chi connectivity index (χ2v) is 6.15. The fourth-order valence-electron chi connectivity index (χ4n) is 2.49. The first-order valence-electron chi connectivity index (χ1n) is 8.28. The zero-order valence-electron chi connectivity index (χ0n) is 14.7. The second-order valence-electron chi connectivity index (χ2n) is 5.71. The van der Waals surface area contributed by atoms with Gasteiger partial charge in [0.1, 0.15) is 12.7 Å². The number of halogens is 1. The topological polar surface area (TPSA) is 55.1 Å². The van der Waals surface area contributed by atoms with Crippen LogP contribution in [-0.2, 0) is 6.61 Å². The van der Waals surface area contributed by atoms with Crippen LogP contribution in [0.1, 0.15) is 16.8 Å². The molecule has 0 unspecified atom stereocenters. The minimum atomic E-state index is 0.403. The molecule has 3 rings (SSSR count). The summed E-state index contributed by atoms with van der Waals surface area (Å²) in [6, 6.07) is 20.7. The van der Waals surface area contributed by atoms with Gasteiger partial charge in [-0.1, -0.05) is 35.9 Å². The van der Waals surface area contributed by atoms with Gasteiger partial charge in [0.2, 0.25) is 0 Å². The average Bonchev–Trinajstić information content (AvgIpc) is 2.72. The van der Waals surface area contributed by atoms with Gasteiger partial charge in [-0.15, -0.1) is 0 Å². The van der Waals surface area contributed by atoms with E-state index in [-0.39, 0.29) is 0 Å². The normalized spacial score (nSPS) is 10.9. The highest BCUT2D eigenvalue weighted by atomic mass is 35.5. The van der Waals surface area contributed by atoms with E-state index in [1.54, 1.807) is 25.4 Å². The smallest absolute Gasteiger partial charge is 0.161 e. The maximum atomic E-state index is 9.43. The molecule has 3 aromatic rings. The van der Waals surface area contributed by atoms with Crippen LogP contribution in [0.15, 0.2) is 66.9 Å². The minimum Gasteiger partial charge on any atom is -0.493 e. The number of rotatable bonds is 6. The molecular weight excluding hydrogens is 360 g/mol. The number of nitriles is 1. The van der Waals surface area contributed by atoms with E-state index in [1.165, 1.54) is 0 Å². The van der Waals surface area contributed by atoms with Crippen LogP contribution in [0.2, 0.25) is 5.02 Å². The van der Waals surface area contributed by atoms with Crippen LogP contribution in [0.4, 0.5) is 0 Å². The van der Waals surface area contributed by atoms with Crippen molar-refractivity contribution in [2.45, 2.75) is 6.61 Å². The summed E-state index contributed by atoms with van der Waals surface area (Å²) in [4.78, 5) is 4.22. The van der Waals surface area contributed by atoms with Crippen LogP contribution in [0.25, 0.3) is 11.6 Å². The maximum absolute atomic E-state index is 9.43. The molecule has 2 aromatic carbocycles. The Labute approximate surface area is 163 Å². The van der Waals surface area contributed by atoms with Crippen molar-refractivity contribution < 1.29 is 9.47 Å². The molecule has 0 saturated carbocycles. The highest BCUT2D eigenvalue weighted by Gasteiger charge is 2.08. The Morgan fingerprint density at radius 3 is 2.59 bits per heavy atom. The molecule has 0 radical (unpaired) electrons. The first kappa shape index (κ1) is 18.5. The maximum Gasteiger partial charge on any atom is 0.161 e. The molecule has 0 spiro atoms. The quantitative estimate of drug-likeness (QED) is 0.541. The van der Waals surface area contributed by atoms with E-state index in [4.69, 9.17) is 21.1 Å². The predicted molar refractivity (Wildman–Crippen MR) is 106 cm³/mol. The third kappa shape index (κ3) is 4.87. The van der Waals surface area contributed by atoms with Gasteiger partial charge in [0.05, 0.1) is 18.4 Å². The molecule has 0 aliphatic carbocycles. The third-order valence-corrected chi connectivity index (χ3v) is 4.12. The van der Waals surface area contributed by atoms with E-state index in [1.807, 2.05) is 54.6 Å². The number of aromatic nitrogens is 1. The van der Waals surface area contributed by atoms with Crippen LogP contribution in [0.5, 0.6) is 11.5 Å². The number of methoxy groups -OCH3 is 1. The molecule has 1 heterocycles. The molecule has 134 valence electrons. The average molecular weight is 377 g/mol. The molecule has 0 bridgehead atoms. The largest absolute Gasteiger partial charge is 0.493 e. The molecule has 1 aromatic heterocycles. The van der Waals surface area contributed by atoms with Crippen molar-refractivity contribution in [3.05, 3.63) is 88.7 Å². The van der Waals surface area contributed by atoms with E-state index in [9.17, 15) is 5.26 Å². The first-order valence-corrected chi connectivity index (χ1v) is 8.66. The Bertz CT molecular complexity index is 977. The standard InChI is InChI=1S/C22H17ClN2O2/c1-26-22-13-17(12-18(14-24)20-4-2-3-11-25-20)7-10-21(22)27-15-16-5-8-19(23)9-6-16/h2-13H,15H2,1H3/b18-12+. The molecule has 27 heavy (non-hydrogen) atoms. The highest BCUT2D eigenvalue weighted by Crippen LogP contribution is 2.30. The summed E-state index contributed by atoms with van der Waals surface area (Å²) >= 11 is 5.90. The van der Waals surface area contributed by atoms with Crippen LogP contribution in [-0.4, -0.2) is 12.1 Å². The Morgan fingerprint density at radius 2 is 1.93 bits per heavy atom. The number of nitrogens with zero attached hydrogens (tertiary/aromatic N) is 2. The summed E-state index contributed by atoms with van der Waals surface area (Å²) in [6.45, 7) is 0.403. The Hall–Kier alpha value is -3.29. The van der Waals surface area contributed by atoms with Gasteiger partial charge in [0, 0.05) is 11.2 Å².